The van der Waals surface area contributed by atoms with Gasteiger partial charge >= 0.3 is 0 Å². The summed E-state index contributed by atoms with van der Waals surface area (Å²) in [6.07, 6.45) is 0. The Bertz CT molecular complexity index is 4170. The predicted molar refractivity (Wildman–Crippen MR) is 276 cm³/mol. The molecule has 310 valence electrons. The number of benzene rings is 11. The largest absolute Gasteiger partial charge is 0.456 e. The first-order valence-electron chi connectivity index (χ1n) is 22.4. The predicted octanol–water partition coefficient (Wildman–Crippen LogP) is 16.9. The molecule has 2 aromatic heterocycles. The van der Waals surface area contributed by atoms with Crippen LogP contribution in [0.25, 0.3) is 137 Å². The third kappa shape index (κ3) is 6.43. The lowest BCUT2D eigenvalue weighted by atomic mass is 9.87. The highest BCUT2D eigenvalue weighted by Gasteiger charge is 2.18. The molecule has 0 atom stereocenters. The van der Waals surface area contributed by atoms with Crippen LogP contribution in [0.15, 0.2) is 223 Å². The normalized spacial score (nSPS) is 11.6. The Labute approximate surface area is 385 Å². The van der Waals surface area contributed by atoms with Gasteiger partial charge in [-0.2, -0.15) is 0 Å². The summed E-state index contributed by atoms with van der Waals surface area (Å²) in [6.45, 7) is 7.70. The smallest absolute Gasteiger partial charge is 0.194 e. The summed E-state index contributed by atoms with van der Waals surface area (Å²) in [7, 11) is 0. The third-order valence-electron chi connectivity index (χ3n) is 13.1. The second kappa shape index (κ2) is 15.5. The molecule has 0 unspecified atom stereocenters. The van der Waals surface area contributed by atoms with E-state index in [1.54, 1.807) is 0 Å². The van der Waals surface area contributed by atoms with E-state index in [2.05, 4.69) is 138 Å². The van der Waals surface area contributed by atoms with Crippen molar-refractivity contribution in [3.8, 4) is 67.5 Å². The maximum Gasteiger partial charge on any atom is 0.194 e. The van der Waals surface area contributed by atoms with Crippen LogP contribution in [0.5, 0.6) is 0 Å². The van der Waals surface area contributed by atoms with Crippen LogP contribution in [0, 0.1) is 6.57 Å². The van der Waals surface area contributed by atoms with E-state index in [1.165, 1.54) is 37.9 Å². The number of furan rings is 1. The van der Waals surface area contributed by atoms with Gasteiger partial charge in [-0.25, -0.2) is 19.8 Å². The van der Waals surface area contributed by atoms with Crippen molar-refractivity contribution in [1.29, 1.82) is 0 Å². The van der Waals surface area contributed by atoms with Crippen molar-refractivity contribution < 1.29 is 4.42 Å². The van der Waals surface area contributed by atoms with Gasteiger partial charge in [0.25, 0.3) is 0 Å². The molecule has 0 aliphatic rings. The number of aromatic nitrogens is 3. The minimum Gasteiger partial charge on any atom is -0.456 e. The fourth-order valence-corrected chi connectivity index (χ4v) is 9.93. The summed E-state index contributed by atoms with van der Waals surface area (Å²) in [4.78, 5) is 19.1. The monoisotopic (exact) mass is 852 g/mol. The number of hydrogen-bond acceptors (Lipinski definition) is 4. The van der Waals surface area contributed by atoms with Crippen molar-refractivity contribution in [1.82, 2.24) is 15.0 Å². The van der Waals surface area contributed by atoms with E-state index in [4.69, 9.17) is 25.9 Å². The summed E-state index contributed by atoms with van der Waals surface area (Å²) in [6, 6.07) is 76.3. The zero-order valence-electron chi connectivity index (χ0n) is 36.0. The summed E-state index contributed by atoms with van der Waals surface area (Å²) in [5.74, 6) is 1.81. The van der Waals surface area contributed by atoms with E-state index in [-0.39, 0.29) is 0 Å². The van der Waals surface area contributed by atoms with Gasteiger partial charge in [0.1, 0.15) is 11.2 Å². The molecular weight excluding hydrogens is 817 g/mol. The number of hydrogen-bond donors (Lipinski definition) is 0. The lowest BCUT2D eigenvalue weighted by molar-refractivity contribution is 0.669. The molecule has 0 radical (unpaired) electrons. The van der Waals surface area contributed by atoms with Crippen molar-refractivity contribution in [3.05, 3.63) is 230 Å². The van der Waals surface area contributed by atoms with Crippen molar-refractivity contribution in [2.75, 3.05) is 0 Å². The molecule has 13 rings (SSSR count). The summed E-state index contributed by atoms with van der Waals surface area (Å²) < 4.78 is 6.17. The number of para-hydroxylation sites is 1. The van der Waals surface area contributed by atoms with Crippen LogP contribution in [-0.2, 0) is 0 Å². The van der Waals surface area contributed by atoms with Gasteiger partial charge < -0.3 is 4.42 Å². The van der Waals surface area contributed by atoms with Crippen molar-refractivity contribution >= 4 is 70.7 Å². The van der Waals surface area contributed by atoms with E-state index < -0.39 is 0 Å². The quantitative estimate of drug-likeness (QED) is 0.123. The van der Waals surface area contributed by atoms with Gasteiger partial charge in [-0.3, -0.25) is 0 Å². The molecule has 11 aromatic carbocycles. The summed E-state index contributed by atoms with van der Waals surface area (Å²) in [5, 5.41) is 11.3. The van der Waals surface area contributed by atoms with Crippen LogP contribution < -0.4 is 0 Å². The Hall–Kier alpha value is -9.24. The first kappa shape index (κ1) is 38.2. The van der Waals surface area contributed by atoms with Crippen LogP contribution >= 0.6 is 0 Å². The SMILES string of the molecule is [C-]#[N+]c1ccc(-c2ccc(-c3cc4c5ccccc5c(-c5cccc(-c6nc(-c7ccccc7)nc(-c7ccc8oc9ccccc9c8c7)n6)c5)cc4c4ccccc34)cc2)c2ccccc12. The molecule has 5 heteroatoms. The molecule has 67 heavy (non-hydrogen) atoms. The topological polar surface area (TPSA) is 56.2 Å². The minimum atomic E-state index is 0.596. The van der Waals surface area contributed by atoms with Crippen molar-refractivity contribution in [2.24, 2.45) is 0 Å². The highest BCUT2D eigenvalue weighted by atomic mass is 16.3. The van der Waals surface area contributed by atoms with Crippen molar-refractivity contribution in [3.63, 3.8) is 0 Å². The Morgan fingerprint density at radius 3 is 1.40 bits per heavy atom. The molecule has 0 saturated heterocycles. The first-order chi connectivity index (χ1) is 33.1. The van der Waals surface area contributed by atoms with E-state index >= 15 is 0 Å². The Kier molecular flexibility index (Phi) is 8.84. The standard InChI is InChI=1S/C62H36N4O/c1-63-57-32-31-44(45-18-9-10-23-50(45)57)38-26-28-39(29-27-38)52-36-54-49-22-8-6-20-47(49)53(37-55(54)48-21-7-5-19-46(48)52)41-16-13-17-42(34-41)61-64-60(40-14-3-2-4-15-40)65-62(66-61)43-30-33-59-56(35-43)51-24-11-12-25-58(51)67-59/h2-37H. The molecule has 0 aliphatic carbocycles. The summed E-state index contributed by atoms with van der Waals surface area (Å²) in [5.41, 5.74) is 11.8. The van der Waals surface area contributed by atoms with Crippen molar-refractivity contribution in [2.45, 2.75) is 0 Å². The molecule has 0 spiro atoms. The first-order valence-corrected chi connectivity index (χ1v) is 22.4. The third-order valence-corrected chi connectivity index (χ3v) is 13.1. The van der Waals surface area contributed by atoms with Gasteiger partial charge in [0.05, 0.1) is 6.57 Å². The average Bonchev–Trinajstić information content (AvgIpc) is 3.78. The second-order valence-corrected chi connectivity index (χ2v) is 17.0. The molecule has 13 aromatic rings. The maximum absolute atomic E-state index is 7.70. The Morgan fingerprint density at radius 2 is 0.746 bits per heavy atom. The van der Waals surface area contributed by atoms with Crippen LogP contribution in [0.4, 0.5) is 5.69 Å². The van der Waals surface area contributed by atoms with E-state index in [1.807, 2.05) is 84.9 Å². The fourth-order valence-electron chi connectivity index (χ4n) is 9.93. The van der Waals surface area contributed by atoms with E-state index in [9.17, 15) is 0 Å². The zero-order chi connectivity index (χ0) is 44.4. The lowest BCUT2D eigenvalue weighted by Crippen LogP contribution is -2.00. The molecule has 2 heterocycles. The molecule has 0 bridgehead atoms. The Balaban J connectivity index is 0.942. The van der Waals surface area contributed by atoms with Gasteiger partial charge in [-0.1, -0.05) is 176 Å². The maximum atomic E-state index is 7.70. The van der Waals surface area contributed by atoms with Gasteiger partial charge in [0, 0.05) is 27.5 Å². The second-order valence-electron chi connectivity index (χ2n) is 17.0. The molecule has 0 N–H and O–H groups in total. The fraction of sp³-hybridized carbons (Fsp3) is 0. The Morgan fingerprint density at radius 1 is 0.284 bits per heavy atom. The zero-order valence-corrected chi connectivity index (χ0v) is 36.0. The van der Waals surface area contributed by atoms with Crippen LogP contribution in [-0.4, -0.2) is 15.0 Å². The van der Waals surface area contributed by atoms with E-state index in [0.29, 0.717) is 23.2 Å². The van der Waals surface area contributed by atoms with Crippen LogP contribution in [0.1, 0.15) is 0 Å². The van der Waals surface area contributed by atoms with Crippen LogP contribution in [0.2, 0.25) is 0 Å². The summed E-state index contributed by atoms with van der Waals surface area (Å²) >= 11 is 0. The average molecular weight is 853 g/mol. The minimum absolute atomic E-state index is 0.596. The molecule has 0 fully saturated rings. The number of nitrogens with zero attached hydrogens (tertiary/aromatic N) is 4. The number of rotatable bonds is 6. The number of fused-ring (bicyclic) bond motifs is 9. The molecule has 0 saturated carbocycles. The highest BCUT2D eigenvalue weighted by molar-refractivity contribution is 6.24. The van der Waals surface area contributed by atoms with Gasteiger partial charge in [0.15, 0.2) is 23.2 Å². The molecular formula is C62H36N4O. The van der Waals surface area contributed by atoms with Crippen LogP contribution in [0.3, 0.4) is 0 Å². The lowest BCUT2D eigenvalue weighted by Gasteiger charge is -2.17. The van der Waals surface area contributed by atoms with Gasteiger partial charge in [-0.15, -0.1) is 0 Å². The van der Waals surface area contributed by atoms with Gasteiger partial charge in [-0.05, 0) is 119 Å². The molecule has 0 aliphatic heterocycles. The molecule has 0 amide bonds. The van der Waals surface area contributed by atoms with E-state index in [0.717, 1.165) is 77.2 Å². The highest BCUT2D eigenvalue weighted by Crippen LogP contribution is 2.43. The molecule has 5 nitrogen and oxygen atoms in total. The van der Waals surface area contributed by atoms with Gasteiger partial charge in [0.2, 0.25) is 0 Å².